The summed E-state index contributed by atoms with van der Waals surface area (Å²) in [5.41, 5.74) is 2.01. The normalized spacial score (nSPS) is 12.7. The molecule has 0 spiro atoms. The Hall–Kier alpha value is -2.05. The maximum Gasteiger partial charge on any atom is 0.160 e. The molecule has 5 nitrogen and oxygen atoms in total. The molecule has 0 fully saturated rings. The van der Waals surface area contributed by atoms with Gasteiger partial charge in [-0.05, 0) is 5.56 Å². The average molecular weight is 258 g/mol. The second-order valence-corrected chi connectivity index (χ2v) is 4.25. The molecule has 1 aromatic carbocycles. The van der Waals surface area contributed by atoms with Crippen molar-refractivity contribution in [1.29, 1.82) is 0 Å². The van der Waals surface area contributed by atoms with Crippen LogP contribution in [0.25, 0.3) is 11.2 Å². The summed E-state index contributed by atoms with van der Waals surface area (Å²) in [7, 11) is 0. The molecule has 3 N–H and O–H groups in total. The van der Waals surface area contributed by atoms with E-state index in [1.807, 2.05) is 30.3 Å². The van der Waals surface area contributed by atoms with Crippen molar-refractivity contribution in [3.63, 3.8) is 0 Å². The largest absolute Gasteiger partial charge is 0.380 e. The molecule has 0 saturated carbocycles. The van der Waals surface area contributed by atoms with E-state index in [9.17, 15) is 5.11 Å². The van der Waals surface area contributed by atoms with Gasteiger partial charge in [0, 0.05) is 0 Å². The average Bonchev–Trinajstić information content (AvgIpc) is 2.84. The van der Waals surface area contributed by atoms with Crippen LogP contribution in [0.5, 0.6) is 0 Å². The molecule has 2 heterocycles. The van der Waals surface area contributed by atoms with Crippen LogP contribution in [-0.4, -0.2) is 25.0 Å². The van der Waals surface area contributed by atoms with Gasteiger partial charge in [-0.1, -0.05) is 42.5 Å². The molecule has 1 atom stereocenters. The van der Waals surface area contributed by atoms with Crippen LogP contribution in [0.4, 0.5) is 0 Å². The minimum Gasteiger partial charge on any atom is -0.380 e. The number of imidazole rings is 1. The second-order valence-electron chi connectivity index (χ2n) is 3.87. The fourth-order valence-corrected chi connectivity index (χ4v) is 1.99. The summed E-state index contributed by atoms with van der Waals surface area (Å²) in [5.74, 6) is 0.451. The molecular weight excluding hydrogens is 248 g/mol. The van der Waals surface area contributed by atoms with E-state index in [-0.39, 0.29) is 0 Å². The van der Waals surface area contributed by atoms with E-state index >= 15 is 0 Å². The Bertz CT molecular complexity index is 734. The summed E-state index contributed by atoms with van der Waals surface area (Å²) in [6.07, 6.45) is 0.686. The third-order valence-corrected chi connectivity index (χ3v) is 3.00. The van der Waals surface area contributed by atoms with Crippen molar-refractivity contribution >= 4 is 23.4 Å². The highest BCUT2D eigenvalue weighted by atomic mass is 32.1. The van der Waals surface area contributed by atoms with E-state index in [4.69, 9.17) is 12.2 Å². The van der Waals surface area contributed by atoms with E-state index in [1.54, 1.807) is 0 Å². The van der Waals surface area contributed by atoms with Crippen LogP contribution in [0.15, 0.2) is 36.7 Å². The monoisotopic (exact) mass is 258 g/mol. The first-order valence-corrected chi connectivity index (χ1v) is 5.83. The number of aromatic amines is 2. The van der Waals surface area contributed by atoms with Crippen molar-refractivity contribution in [1.82, 2.24) is 19.9 Å². The topological polar surface area (TPSA) is 77.6 Å². The maximum absolute atomic E-state index is 10.2. The third-order valence-electron chi connectivity index (χ3n) is 2.69. The van der Waals surface area contributed by atoms with Crippen LogP contribution in [0.3, 0.4) is 0 Å². The zero-order valence-electron chi connectivity index (χ0n) is 9.29. The molecule has 2 aromatic heterocycles. The lowest BCUT2D eigenvalue weighted by atomic mass is 10.1. The Labute approximate surface area is 108 Å². The number of aliphatic hydroxyl groups is 1. The van der Waals surface area contributed by atoms with E-state index < -0.39 is 6.10 Å². The number of fused-ring (bicyclic) bond motifs is 1. The molecule has 0 radical (unpaired) electrons. The van der Waals surface area contributed by atoms with Crippen LogP contribution in [-0.2, 0) is 0 Å². The summed E-state index contributed by atoms with van der Waals surface area (Å²) in [6.45, 7) is 0. The Kier molecular flexibility index (Phi) is 2.66. The highest BCUT2D eigenvalue weighted by molar-refractivity contribution is 7.71. The van der Waals surface area contributed by atoms with Crippen molar-refractivity contribution in [3.05, 3.63) is 52.7 Å². The van der Waals surface area contributed by atoms with Gasteiger partial charge in [0.1, 0.15) is 17.4 Å². The van der Waals surface area contributed by atoms with Crippen molar-refractivity contribution in [2.75, 3.05) is 0 Å². The number of hydrogen-bond donors (Lipinski definition) is 3. The van der Waals surface area contributed by atoms with Crippen LogP contribution in [0, 0.1) is 4.64 Å². The van der Waals surface area contributed by atoms with Gasteiger partial charge < -0.3 is 15.1 Å². The number of aliphatic hydroxyl groups excluding tert-OH is 1. The molecule has 6 heteroatoms. The predicted molar refractivity (Wildman–Crippen MR) is 69.6 cm³/mol. The number of benzene rings is 1. The Morgan fingerprint density at radius 2 is 2.00 bits per heavy atom. The first-order valence-electron chi connectivity index (χ1n) is 5.42. The number of aromatic nitrogens is 4. The standard InChI is InChI=1S/C12H10N4OS/c17-9(7-4-2-1-3-5-7)11-15-8-10(16-11)13-6-14-12(8)18/h1-6,9,17H,(H2,13,14,15,16,18)/t9-/m0/s1. The minimum atomic E-state index is -0.804. The van der Waals surface area contributed by atoms with Gasteiger partial charge in [-0.3, -0.25) is 0 Å². The van der Waals surface area contributed by atoms with Gasteiger partial charge in [-0.25, -0.2) is 9.97 Å². The Balaban J connectivity index is 2.10. The first kappa shape index (κ1) is 11.1. The molecule has 0 bridgehead atoms. The lowest BCUT2D eigenvalue weighted by molar-refractivity contribution is 0.211. The van der Waals surface area contributed by atoms with Crippen molar-refractivity contribution in [2.24, 2.45) is 0 Å². The van der Waals surface area contributed by atoms with Gasteiger partial charge >= 0.3 is 0 Å². The number of hydrogen-bond acceptors (Lipinski definition) is 4. The summed E-state index contributed by atoms with van der Waals surface area (Å²) >= 11 is 5.09. The van der Waals surface area contributed by atoms with Crippen LogP contribution < -0.4 is 0 Å². The van der Waals surface area contributed by atoms with Gasteiger partial charge in [0.25, 0.3) is 0 Å². The Morgan fingerprint density at radius 1 is 1.22 bits per heavy atom. The SMILES string of the molecule is O[C@@H](c1ccccc1)c1nc2[nH]cnc(=S)c2[nH]1. The van der Waals surface area contributed by atoms with Crippen LogP contribution >= 0.6 is 12.2 Å². The minimum absolute atomic E-state index is 0.433. The molecule has 3 aromatic rings. The number of nitrogens with one attached hydrogen (secondary N) is 2. The van der Waals surface area contributed by atoms with Crippen LogP contribution in [0.1, 0.15) is 17.5 Å². The number of nitrogens with zero attached hydrogens (tertiary/aromatic N) is 2. The molecule has 0 aliphatic rings. The quantitative estimate of drug-likeness (QED) is 0.615. The number of rotatable bonds is 2. The fourth-order valence-electron chi connectivity index (χ4n) is 1.79. The number of H-pyrrole nitrogens is 2. The molecule has 0 unspecified atom stereocenters. The first-order chi connectivity index (χ1) is 8.75. The molecule has 0 saturated heterocycles. The maximum atomic E-state index is 10.2. The van der Waals surface area contributed by atoms with Gasteiger partial charge in [0.15, 0.2) is 10.3 Å². The third kappa shape index (κ3) is 1.81. The summed E-state index contributed by atoms with van der Waals surface area (Å²) in [4.78, 5) is 14.1. The van der Waals surface area contributed by atoms with Crippen molar-refractivity contribution in [2.45, 2.75) is 6.10 Å². The summed E-state index contributed by atoms with van der Waals surface area (Å²) < 4.78 is 0.433. The van der Waals surface area contributed by atoms with Crippen molar-refractivity contribution < 1.29 is 5.11 Å². The predicted octanol–water partition coefficient (Wildman–Crippen LogP) is 2.10. The van der Waals surface area contributed by atoms with Crippen LogP contribution in [0.2, 0.25) is 0 Å². The molecular formula is C12H10N4OS. The lowest BCUT2D eigenvalue weighted by Crippen LogP contribution is -2.01. The zero-order chi connectivity index (χ0) is 12.5. The molecule has 0 aliphatic heterocycles. The van der Waals surface area contributed by atoms with E-state index in [0.717, 1.165) is 5.56 Å². The van der Waals surface area contributed by atoms with Gasteiger partial charge in [0.2, 0.25) is 0 Å². The highest BCUT2D eigenvalue weighted by Gasteiger charge is 2.15. The van der Waals surface area contributed by atoms with E-state index in [0.29, 0.717) is 21.6 Å². The van der Waals surface area contributed by atoms with E-state index in [2.05, 4.69) is 19.9 Å². The van der Waals surface area contributed by atoms with Gasteiger partial charge in [-0.15, -0.1) is 0 Å². The Morgan fingerprint density at radius 3 is 2.72 bits per heavy atom. The van der Waals surface area contributed by atoms with E-state index in [1.165, 1.54) is 6.33 Å². The molecule has 3 rings (SSSR count). The fraction of sp³-hybridized carbons (Fsp3) is 0.0833. The summed E-state index contributed by atoms with van der Waals surface area (Å²) in [5, 5.41) is 10.2. The zero-order valence-corrected chi connectivity index (χ0v) is 10.1. The molecule has 0 aliphatic carbocycles. The van der Waals surface area contributed by atoms with Crippen molar-refractivity contribution in [3.8, 4) is 0 Å². The van der Waals surface area contributed by atoms with Gasteiger partial charge in [-0.2, -0.15) is 0 Å². The molecule has 0 amide bonds. The lowest BCUT2D eigenvalue weighted by Gasteiger charge is -2.06. The second kappa shape index (κ2) is 4.32. The molecule has 90 valence electrons. The smallest absolute Gasteiger partial charge is 0.160 e. The molecule has 18 heavy (non-hydrogen) atoms. The van der Waals surface area contributed by atoms with Gasteiger partial charge in [0.05, 0.1) is 6.33 Å². The highest BCUT2D eigenvalue weighted by Crippen LogP contribution is 2.21. The summed E-state index contributed by atoms with van der Waals surface area (Å²) in [6, 6.07) is 9.32.